The summed E-state index contributed by atoms with van der Waals surface area (Å²) in [5.41, 5.74) is 0. The first kappa shape index (κ1) is 8.06. The summed E-state index contributed by atoms with van der Waals surface area (Å²) < 4.78 is 5.61. The van der Waals surface area contributed by atoms with Gasteiger partial charge in [0.1, 0.15) is 0 Å². The fraction of sp³-hybridized carbons (Fsp3) is 1.00. The Labute approximate surface area is 63.8 Å². The highest BCUT2D eigenvalue weighted by molar-refractivity contribution is 4.74. The molecule has 10 heavy (non-hydrogen) atoms. The van der Waals surface area contributed by atoms with Crippen LogP contribution in [0.5, 0.6) is 0 Å². The standard InChI is InChI=1S/C9H18O/c1-4-9-8(3)7(2)5-6-10-9/h7-9H,4-6H2,1-3H3. The van der Waals surface area contributed by atoms with Crippen molar-refractivity contribution < 1.29 is 4.74 Å². The molecule has 1 saturated heterocycles. The van der Waals surface area contributed by atoms with Crippen LogP contribution in [0.15, 0.2) is 0 Å². The fourth-order valence-corrected chi connectivity index (χ4v) is 1.68. The summed E-state index contributed by atoms with van der Waals surface area (Å²) in [5.74, 6) is 1.62. The Hall–Kier alpha value is -0.0400. The molecule has 0 saturated carbocycles. The first-order valence-corrected chi connectivity index (χ1v) is 4.37. The van der Waals surface area contributed by atoms with Crippen LogP contribution in [0.2, 0.25) is 0 Å². The van der Waals surface area contributed by atoms with Crippen LogP contribution in [0.1, 0.15) is 33.6 Å². The van der Waals surface area contributed by atoms with Crippen molar-refractivity contribution in [1.82, 2.24) is 0 Å². The smallest absolute Gasteiger partial charge is 0.0600 e. The maximum absolute atomic E-state index is 5.61. The Kier molecular flexibility index (Phi) is 2.72. The van der Waals surface area contributed by atoms with Crippen molar-refractivity contribution in [3.63, 3.8) is 0 Å². The molecule has 0 spiro atoms. The van der Waals surface area contributed by atoms with Crippen LogP contribution in [0, 0.1) is 11.8 Å². The van der Waals surface area contributed by atoms with Crippen molar-refractivity contribution >= 4 is 0 Å². The van der Waals surface area contributed by atoms with Gasteiger partial charge in [0.05, 0.1) is 6.10 Å². The van der Waals surface area contributed by atoms with Crippen molar-refractivity contribution in [1.29, 1.82) is 0 Å². The van der Waals surface area contributed by atoms with Gasteiger partial charge in [-0.3, -0.25) is 0 Å². The summed E-state index contributed by atoms with van der Waals surface area (Å²) in [6, 6.07) is 0. The molecule has 0 aromatic heterocycles. The third-order valence-corrected chi connectivity index (χ3v) is 2.79. The minimum Gasteiger partial charge on any atom is -0.378 e. The lowest BCUT2D eigenvalue weighted by Crippen LogP contribution is -2.32. The van der Waals surface area contributed by atoms with E-state index in [0.29, 0.717) is 6.10 Å². The average Bonchev–Trinajstić information content (AvgIpc) is 1.95. The van der Waals surface area contributed by atoms with Gasteiger partial charge in [0.15, 0.2) is 0 Å². The van der Waals surface area contributed by atoms with Gasteiger partial charge in [-0.15, -0.1) is 0 Å². The van der Waals surface area contributed by atoms with E-state index in [1.165, 1.54) is 12.8 Å². The van der Waals surface area contributed by atoms with Crippen molar-refractivity contribution in [2.24, 2.45) is 11.8 Å². The van der Waals surface area contributed by atoms with Crippen molar-refractivity contribution in [3.05, 3.63) is 0 Å². The van der Waals surface area contributed by atoms with Gasteiger partial charge in [-0.25, -0.2) is 0 Å². The van der Waals surface area contributed by atoms with Gasteiger partial charge in [-0.2, -0.15) is 0 Å². The average molecular weight is 142 g/mol. The van der Waals surface area contributed by atoms with E-state index >= 15 is 0 Å². The van der Waals surface area contributed by atoms with Gasteiger partial charge >= 0.3 is 0 Å². The van der Waals surface area contributed by atoms with Gasteiger partial charge in [0.2, 0.25) is 0 Å². The Morgan fingerprint density at radius 1 is 1.40 bits per heavy atom. The van der Waals surface area contributed by atoms with Gasteiger partial charge < -0.3 is 4.74 Å². The lowest BCUT2D eigenvalue weighted by molar-refractivity contribution is -0.0471. The number of rotatable bonds is 1. The fourth-order valence-electron chi connectivity index (χ4n) is 1.68. The molecule has 1 heteroatoms. The highest BCUT2D eigenvalue weighted by Gasteiger charge is 2.25. The van der Waals surface area contributed by atoms with E-state index < -0.39 is 0 Å². The lowest BCUT2D eigenvalue weighted by Gasteiger charge is -2.33. The minimum absolute atomic E-state index is 0.531. The summed E-state index contributed by atoms with van der Waals surface area (Å²) in [7, 11) is 0. The van der Waals surface area contributed by atoms with Gasteiger partial charge in [-0.05, 0) is 24.7 Å². The van der Waals surface area contributed by atoms with Crippen LogP contribution in [0.25, 0.3) is 0 Å². The van der Waals surface area contributed by atoms with Crippen LogP contribution in [0.3, 0.4) is 0 Å². The minimum atomic E-state index is 0.531. The van der Waals surface area contributed by atoms with E-state index in [1.807, 2.05) is 0 Å². The third kappa shape index (κ3) is 1.51. The first-order valence-electron chi connectivity index (χ1n) is 4.37. The highest BCUT2D eigenvalue weighted by Crippen LogP contribution is 2.27. The molecule has 0 aromatic rings. The van der Waals surface area contributed by atoms with E-state index in [4.69, 9.17) is 4.74 Å². The number of hydrogen-bond donors (Lipinski definition) is 0. The maximum atomic E-state index is 5.61. The predicted molar refractivity (Wildman–Crippen MR) is 43.0 cm³/mol. The monoisotopic (exact) mass is 142 g/mol. The van der Waals surface area contributed by atoms with Crippen LogP contribution in [-0.2, 0) is 4.74 Å². The summed E-state index contributed by atoms with van der Waals surface area (Å²) in [5, 5.41) is 0. The van der Waals surface area contributed by atoms with Crippen molar-refractivity contribution in [3.8, 4) is 0 Å². The second-order valence-electron chi connectivity index (χ2n) is 3.44. The molecule has 1 fully saturated rings. The Bertz CT molecular complexity index is 101. The molecule has 1 heterocycles. The molecular formula is C9H18O. The molecule has 3 atom stereocenters. The summed E-state index contributed by atoms with van der Waals surface area (Å²) >= 11 is 0. The van der Waals surface area contributed by atoms with E-state index in [0.717, 1.165) is 18.4 Å². The molecule has 0 aliphatic carbocycles. The maximum Gasteiger partial charge on any atom is 0.0600 e. The zero-order valence-electron chi connectivity index (χ0n) is 7.26. The van der Waals surface area contributed by atoms with E-state index in [9.17, 15) is 0 Å². The van der Waals surface area contributed by atoms with Crippen LogP contribution in [-0.4, -0.2) is 12.7 Å². The molecule has 1 rings (SSSR count). The topological polar surface area (TPSA) is 9.23 Å². The second kappa shape index (κ2) is 3.38. The molecule has 1 aliphatic heterocycles. The van der Waals surface area contributed by atoms with Gasteiger partial charge in [-0.1, -0.05) is 20.8 Å². The zero-order chi connectivity index (χ0) is 7.56. The Morgan fingerprint density at radius 2 is 2.10 bits per heavy atom. The first-order chi connectivity index (χ1) is 4.75. The summed E-state index contributed by atoms with van der Waals surface area (Å²) in [4.78, 5) is 0. The highest BCUT2D eigenvalue weighted by atomic mass is 16.5. The second-order valence-corrected chi connectivity index (χ2v) is 3.44. The molecule has 1 aliphatic rings. The molecule has 0 bridgehead atoms. The van der Waals surface area contributed by atoms with Crippen LogP contribution >= 0.6 is 0 Å². The molecule has 0 aromatic carbocycles. The molecule has 3 unspecified atom stereocenters. The molecule has 60 valence electrons. The number of ether oxygens (including phenoxy) is 1. The van der Waals surface area contributed by atoms with E-state index in [-0.39, 0.29) is 0 Å². The normalized spacial score (nSPS) is 41.7. The van der Waals surface area contributed by atoms with Crippen LogP contribution < -0.4 is 0 Å². The SMILES string of the molecule is CCC1OCCC(C)C1C. The molecule has 0 N–H and O–H groups in total. The molecule has 1 nitrogen and oxygen atoms in total. The third-order valence-electron chi connectivity index (χ3n) is 2.79. The van der Waals surface area contributed by atoms with E-state index in [2.05, 4.69) is 20.8 Å². The van der Waals surface area contributed by atoms with Crippen molar-refractivity contribution in [2.75, 3.05) is 6.61 Å². The summed E-state index contributed by atoms with van der Waals surface area (Å²) in [6.07, 6.45) is 2.95. The molecule has 0 amide bonds. The van der Waals surface area contributed by atoms with E-state index in [1.54, 1.807) is 0 Å². The number of hydrogen-bond acceptors (Lipinski definition) is 1. The van der Waals surface area contributed by atoms with Gasteiger partial charge in [0, 0.05) is 6.61 Å². The van der Waals surface area contributed by atoms with Gasteiger partial charge in [0.25, 0.3) is 0 Å². The Balaban J connectivity index is 2.42. The zero-order valence-corrected chi connectivity index (χ0v) is 7.26. The van der Waals surface area contributed by atoms with Crippen molar-refractivity contribution in [2.45, 2.75) is 39.7 Å². The largest absolute Gasteiger partial charge is 0.378 e. The Morgan fingerprint density at radius 3 is 2.60 bits per heavy atom. The summed E-state index contributed by atoms with van der Waals surface area (Å²) in [6.45, 7) is 7.82. The quantitative estimate of drug-likeness (QED) is 0.546. The lowest BCUT2D eigenvalue weighted by atomic mass is 9.85. The van der Waals surface area contributed by atoms with Crippen LogP contribution in [0.4, 0.5) is 0 Å². The molecule has 0 radical (unpaired) electrons. The predicted octanol–water partition coefficient (Wildman–Crippen LogP) is 2.46. The molecular weight excluding hydrogens is 124 g/mol.